The number of aliphatic imine (C=N–C) groups is 1. The van der Waals surface area contributed by atoms with E-state index in [0.29, 0.717) is 32.1 Å². The number of nitrogens with one attached hydrogen (secondary N) is 1. The average molecular weight is 403 g/mol. The van der Waals surface area contributed by atoms with E-state index < -0.39 is 5.97 Å². The standard InChI is InChI=1S/C19H15ClN2O4S/c20-13-6-2-3-7-14(13)21-19-22-18(25)16(27-19)11-12-5-1-4-8-15(12)26-10-9-17(23)24/h1-8,11H,9-10H2,(H,23,24)(H,21,22,25)/b16-11+. The highest BCUT2D eigenvalue weighted by Crippen LogP contribution is 2.32. The highest BCUT2D eigenvalue weighted by molar-refractivity contribution is 8.18. The van der Waals surface area contributed by atoms with Crippen molar-refractivity contribution in [1.82, 2.24) is 5.32 Å². The molecule has 1 fully saturated rings. The van der Waals surface area contributed by atoms with Gasteiger partial charge in [-0.05, 0) is 36.0 Å². The third kappa shape index (κ3) is 5.12. The first-order chi connectivity index (χ1) is 13.0. The second kappa shape index (κ2) is 8.75. The summed E-state index contributed by atoms with van der Waals surface area (Å²) in [6, 6.07) is 14.2. The molecule has 6 nitrogen and oxygen atoms in total. The molecule has 27 heavy (non-hydrogen) atoms. The number of carboxylic acids is 1. The smallest absolute Gasteiger partial charge is 0.306 e. The summed E-state index contributed by atoms with van der Waals surface area (Å²) in [4.78, 5) is 27.7. The molecular formula is C19H15ClN2O4S. The first kappa shape index (κ1) is 19.0. The Balaban J connectivity index is 1.79. The van der Waals surface area contributed by atoms with E-state index in [1.807, 2.05) is 12.1 Å². The number of halogens is 1. The molecule has 2 aromatic carbocycles. The Kier molecular flexibility index (Phi) is 6.16. The van der Waals surface area contributed by atoms with E-state index in [1.54, 1.807) is 42.5 Å². The van der Waals surface area contributed by atoms with E-state index in [1.165, 1.54) is 11.8 Å². The molecule has 0 unspecified atom stereocenters. The van der Waals surface area contributed by atoms with Crippen LogP contribution in [0, 0.1) is 0 Å². The quantitative estimate of drug-likeness (QED) is 0.710. The molecule has 0 bridgehead atoms. The van der Waals surface area contributed by atoms with Crippen molar-refractivity contribution in [1.29, 1.82) is 0 Å². The van der Waals surface area contributed by atoms with Crippen molar-refractivity contribution in [3.63, 3.8) is 0 Å². The number of carboxylic acid groups (broad SMARTS) is 1. The summed E-state index contributed by atoms with van der Waals surface area (Å²) in [7, 11) is 0. The van der Waals surface area contributed by atoms with Crippen molar-refractivity contribution in [2.75, 3.05) is 6.61 Å². The molecule has 138 valence electrons. The molecule has 2 N–H and O–H groups in total. The molecule has 0 spiro atoms. The van der Waals surface area contributed by atoms with Gasteiger partial charge >= 0.3 is 5.97 Å². The molecule has 0 radical (unpaired) electrons. The fourth-order valence-corrected chi connectivity index (χ4v) is 3.26. The SMILES string of the molecule is O=C(O)CCOc1ccccc1/C=C1/SC(=Nc2ccccc2Cl)NC1=O. The van der Waals surface area contributed by atoms with Gasteiger partial charge in [0.1, 0.15) is 5.75 Å². The molecule has 0 aliphatic carbocycles. The number of thioether (sulfide) groups is 1. The Morgan fingerprint density at radius 2 is 1.96 bits per heavy atom. The Bertz CT molecular complexity index is 943. The van der Waals surface area contributed by atoms with Gasteiger partial charge in [0.2, 0.25) is 0 Å². The number of benzene rings is 2. The normalized spacial score (nSPS) is 16.6. The van der Waals surface area contributed by atoms with Crippen LogP contribution in [0.25, 0.3) is 6.08 Å². The lowest BCUT2D eigenvalue weighted by Crippen LogP contribution is -2.19. The number of amidine groups is 1. The van der Waals surface area contributed by atoms with Gasteiger partial charge in [-0.3, -0.25) is 9.59 Å². The Hall–Kier alpha value is -2.77. The number of nitrogens with zero attached hydrogens (tertiary/aromatic N) is 1. The van der Waals surface area contributed by atoms with E-state index in [0.717, 1.165) is 0 Å². The van der Waals surface area contributed by atoms with Gasteiger partial charge in [0.25, 0.3) is 5.91 Å². The molecule has 1 aliphatic rings. The monoisotopic (exact) mass is 402 g/mol. The minimum Gasteiger partial charge on any atom is -0.492 e. The summed E-state index contributed by atoms with van der Waals surface area (Å²) >= 11 is 7.29. The second-order valence-electron chi connectivity index (χ2n) is 5.46. The average Bonchev–Trinajstić information content (AvgIpc) is 2.97. The maximum absolute atomic E-state index is 12.2. The van der Waals surface area contributed by atoms with Crippen molar-refractivity contribution >= 4 is 52.2 Å². The van der Waals surface area contributed by atoms with E-state index in [9.17, 15) is 9.59 Å². The summed E-state index contributed by atoms with van der Waals surface area (Å²) in [5.74, 6) is -0.695. The number of ether oxygens (including phenoxy) is 1. The summed E-state index contributed by atoms with van der Waals surface area (Å²) in [5.41, 5.74) is 1.25. The molecule has 1 saturated heterocycles. The van der Waals surface area contributed by atoms with Crippen LogP contribution in [-0.2, 0) is 9.59 Å². The molecule has 1 amide bonds. The number of amides is 1. The lowest BCUT2D eigenvalue weighted by molar-refractivity contribution is -0.137. The molecule has 3 rings (SSSR count). The lowest BCUT2D eigenvalue weighted by atomic mass is 10.2. The zero-order chi connectivity index (χ0) is 19.2. The van der Waals surface area contributed by atoms with Gasteiger partial charge in [-0.15, -0.1) is 0 Å². The van der Waals surface area contributed by atoms with Gasteiger partial charge in [-0.2, -0.15) is 0 Å². The number of carbonyl (C=O) groups excluding carboxylic acids is 1. The van der Waals surface area contributed by atoms with E-state index in [-0.39, 0.29) is 18.9 Å². The predicted octanol–water partition coefficient (Wildman–Crippen LogP) is 4.09. The number of para-hydroxylation sites is 2. The van der Waals surface area contributed by atoms with Gasteiger partial charge in [0.15, 0.2) is 5.17 Å². The molecule has 8 heteroatoms. The highest BCUT2D eigenvalue weighted by atomic mass is 35.5. The van der Waals surface area contributed by atoms with Gasteiger partial charge < -0.3 is 15.2 Å². The van der Waals surface area contributed by atoms with Crippen LogP contribution in [0.3, 0.4) is 0 Å². The third-order valence-corrected chi connectivity index (χ3v) is 4.73. The summed E-state index contributed by atoms with van der Waals surface area (Å²) in [6.07, 6.45) is 1.58. The van der Waals surface area contributed by atoms with E-state index >= 15 is 0 Å². The number of aliphatic carboxylic acids is 1. The Morgan fingerprint density at radius 3 is 2.74 bits per heavy atom. The highest BCUT2D eigenvalue weighted by Gasteiger charge is 2.24. The zero-order valence-electron chi connectivity index (χ0n) is 14.0. The molecule has 2 aromatic rings. The van der Waals surface area contributed by atoms with Crippen LogP contribution in [0.5, 0.6) is 5.75 Å². The molecular weight excluding hydrogens is 388 g/mol. The van der Waals surface area contributed by atoms with Crippen LogP contribution in [-0.4, -0.2) is 28.8 Å². The van der Waals surface area contributed by atoms with Crippen LogP contribution in [0.15, 0.2) is 58.4 Å². The molecule has 1 heterocycles. The maximum Gasteiger partial charge on any atom is 0.306 e. The Morgan fingerprint density at radius 1 is 1.22 bits per heavy atom. The van der Waals surface area contributed by atoms with E-state index in [4.69, 9.17) is 21.4 Å². The largest absolute Gasteiger partial charge is 0.492 e. The topological polar surface area (TPSA) is 88.0 Å². The predicted molar refractivity (Wildman–Crippen MR) is 106 cm³/mol. The molecule has 0 saturated carbocycles. The van der Waals surface area contributed by atoms with Crippen LogP contribution in [0.4, 0.5) is 5.69 Å². The van der Waals surface area contributed by atoms with Crippen LogP contribution in [0.1, 0.15) is 12.0 Å². The summed E-state index contributed by atoms with van der Waals surface area (Å²) in [6.45, 7) is 0.0497. The van der Waals surface area contributed by atoms with E-state index in [2.05, 4.69) is 10.3 Å². The van der Waals surface area contributed by atoms with Crippen molar-refractivity contribution in [3.05, 3.63) is 64.0 Å². The summed E-state index contributed by atoms with van der Waals surface area (Å²) < 4.78 is 5.52. The van der Waals surface area contributed by atoms with Gasteiger partial charge in [0, 0.05) is 5.56 Å². The first-order valence-electron chi connectivity index (χ1n) is 8.00. The third-order valence-electron chi connectivity index (χ3n) is 3.50. The Labute approximate surface area is 164 Å². The van der Waals surface area contributed by atoms with Crippen molar-refractivity contribution in [2.45, 2.75) is 6.42 Å². The van der Waals surface area contributed by atoms with Gasteiger partial charge in [-0.25, -0.2) is 4.99 Å². The molecule has 0 aromatic heterocycles. The number of hydrogen-bond donors (Lipinski definition) is 2. The maximum atomic E-state index is 12.2. The fraction of sp³-hybridized carbons (Fsp3) is 0.105. The van der Waals surface area contributed by atoms with Gasteiger partial charge in [0.05, 0.1) is 28.6 Å². The number of hydrogen-bond acceptors (Lipinski definition) is 5. The van der Waals surface area contributed by atoms with Crippen LogP contribution < -0.4 is 10.1 Å². The second-order valence-corrected chi connectivity index (χ2v) is 6.90. The fourth-order valence-electron chi connectivity index (χ4n) is 2.25. The molecule has 0 atom stereocenters. The van der Waals surface area contributed by atoms with Crippen molar-refractivity contribution in [2.24, 2.45) is 4.99 Å². The zero-order valence-corrected chi connectivity index (χ0v) is 15.6. The van der Waals surface area contributed by atoms with Crippen molar-refractivity contribution < 1.29 is 19.4 Å². The summed E-state index contributed by atoms with van der Waals surface area (Å²) in [5, 5.41) is 12.4. The first-order valence-corrected chi connectivity index (χ1v) is 9.20. The minimum absolute atomic E-state index is 0.0497. The molecule has 1 aliphatic heterocycles. The van der Waals surface area contributed by atoms with Crippen LogP contribution in [0.2, 0.25) is 5.02 Å². The van der Waals surface area contributed by atoms with Crippen LogP contribution >= 0.6 is 23.4 Å². The van der Waals surface area contributed by atoms with Gasteiger partial charge in [-0.1, -0.05) is 41.9 Å². The lowest BCUT2D eigenvalue weighted by Gasteiger charge is -2.08. The minimum atomic E-state index is -0.933. The van der Waals surface area contributed by atoms with Crippen molar-refractivity contribution in [3.8, 4) is 5.75 Å². The number of rotatable bonds is 6. The number of carbonyl (C=O) groups is 2.